The Morgan fingerprint density at radius 1 is 0.372 bits per heavy atom. The van der Waals surface area contributed by atoms with Crippen molar-refractivity contribution >= 4 is 41.6 Å². The summed E-state index contributed by atoms with van der Waals surface area (Å²) in [6, 6.07) is 52.0. The van der Waals surface area contributed by atoms with Gasteiger partial charge in [0.2, 0.25) is 0 Å². The van der Waals surface area contributed by atoms with E-state index in [2.05, 4.69) is 0 Å². The summed E-state index contributed by atoms with van der Waals surface area (Å²) in [5.41, 5.74) is -6.49. The van der Waals surface area contributed by atoms with Crippen molar-refractivity contribution < 1.29 is 144 Å². The highest BCUT2D eigenvalue weighted by atomic mass is 16.7. The van der Waals surface area contributed by atoms with Crippen molar-refractivity contribution in [2.75, 3.05) is 56.6 Å². The molecular formula is C116H164N2O30. The van der Waals surface area contributed by atoms with Gasteiger partial charge in [-0.15, -0.1) is 0 Å². The smallest absolute Gasteiger partial charge is 0.338 e. The number of Topliss-reactive ketones (excluding diaryl/α,β-unsaturated/α-hetero) is 1. The molecule has 12 rings (SSSR count). The normalized spacial score (nSPS) is 38.1. The van der Waals surface area contributed by atoms with E-state index in [1.807, 2.05) is 135 Å². The van der Waals surface area contributed by atoms with Crippen LogP contribution in [0.3, 0.4) is 0 Å². The molecule has 6 aromatic rings. The molecule has 5 N–H and O–H groups in total. The molecule has 6 fully saturated rings. The summed E-state index contributed by atoms with van der Waals surface area (Å²) in [6.45, 7) is 32.0. The van der Waals surface area contributed by atoms with Crippen LogP contribution in [0.25, 0.3) is 0 Å². The molecule has 0 amide bonds. The first-order chi connectivity index (χ1) is 70.0. The van der Waals surface area contributed by atoms with Crippen LogP contribution in [-0.2, 0) is 112 Å². The maximum atomic E-state index is 15.1. The Balaban J connectivity index is 0.000000281. The summed E-state index contributed by atoms with van der Waals surface area (Å²) < 4.78 is 118. The van der Waals surface area contributed by atoms with E-state index in [0.29, 0.717) is 46.2 Å². The van der Waals surface area contributed by atoms with Gasteiger partial charge in [0.1, 0.15) is 40.4 Å². The summed E-state index contributed by atoms with van der Waals surface area (Å²) in [5.74, 6) is -11.6. The van der Waals surface area contributed by atoms with Crippen molar-refractivity contribution in [1.82, 2.24) is 9.80 Å². The first kappa shape index (κ1) is 119. The van der Waals surface area contributed by atoms with Crippen molar-refractivity contribution in [2.45, 2.75) is 363 Å². The van der Waals surface area contributed by atoms with Crippen molar-refractivity contribution in [3.05, 3.63) is 215 Å². The van der Waals surface area contributed by atoms with Gasteiger partial charge in [0, 0.05) is 83.7 Å². The largest absolute Gasteiger partial charge is 0.459 e. The van der Waals surface area contributed by atoms with E-state index in [4.69, 9.17) is 85.3 Å². The summed E-state index contributed by atoms with van der Waals surface area (Å²) in [7, 11) is 13.7. The van der Waals surface area contributed by atoms with Gasteiger partial charge in [0.15, 0.2) is 49.6 Å². The Bertz CT molecular complexity index is 5200. The van der Waals surface area contributed by atoms with Gasteiger partial charge in [-0.2, -0.15) is 0 Å². The van der Waals surface area contributed by atoms with Crippen LogP contribution in [-0.4, -0.2) is 308 Å². The van der Waals surface area contributed by atoms with Crippen LogP contribution in [0.15, 0.2) is 182 Å². The van der Waals surface area contributed by atoms with Gasteiger partial charge in [0.05, 0.1) is 125 Å². The summed E-state index contributed by atoms with van der Waals surface area (Å²) >= 11 is 0. The number of methoxy groups -OCH3 is 4. The molecule has 0 spiro atoms. The van der Waals surface area contributed by atoms with Gasteiger partial charge in [-0.3, -0.25) is 14.4 Å². The minimum atomic E-state index is -2.12. The third kappa shape index (κ3) is 28.0. The van der Waals surface area contributed by atoms with Gasteiger partial charge < -0.3 is 121 Å². The number of likely N-dealkylation sites (N-methyl/N-ethyl adjacent to an activating group) is 2. The third-order valence-electron chi connectivity index (χ3n) is 31.9. The van der Waals surface area contributed by atoms with Crippen molar-refractivity contribution in [3.63, 3.8) is 0 Å². The zero-order valence-corrected chi connectivity index (χ0v) is 91.1. The number of aliphatic hydroxyl groups is 5. The Labute approximate surface area is 874 Å². The molecule has 6 aliphatic rings. The lowest BCUT2D eigenvalue weighted by molar-refractivity contribution is -0.319. The highest BCUT2D eigenvalue weighted by Gasteiger charge is 2.61. The SMILES string of the molecule is CC[C@H]1OC(=O)[C@H](C)[C@@H](OC2C[C@@](C)(OC)[C@@H](OC(=O)c3ccccc3)[C@H](C)O2)[C@H](C)[C@@H](OC2O[C@H](C)C[C@H](N(C)C)[C@H]2OC(=O)c2ccccc2)[C@@](C)(OC)C[C@@H](C)C(=O)[C@H](C)[C@@H](O)[C@@]1(O)Cc1ccccc1.CC[C@H]1OC(=O)[C@H](C)[C@@H](OC2C[C@@](C)(OC)[C@@H](OC(=O)c3ccccc3)[C@H](C)O2)[C@H](C)[C@@H](OC2O[C@H](C)C[C@H](N(C)C)[C@H]2OC(=O)c2ccccc2)[C@@](C)(OC)C[C@@H](C)[C@H](O)[C@H](C)[C@@H](O)[C@@]1(O)Cc1ccccc1. The van der Waals surface area contributed by atoms with E-state index in [-0.39, 0.29) is 81.4 Å². The lowest BCUT2D eigenvalue weighted by Gasteiger charge is -2.51. The zero-order chi connectivity index (χ0) is 109. The number of ether oxygens (including phenoxy) is 18. The van der Waals surface area contributed by atoms with E-state index < -0.39 is 233 Å². The van der Waals surface area contributed by atoms with Crippen molar-refractivity contribution in [3.8, 4) is 0 Å². The average molecular weight is 2070 g/mol. The van der Waals surface area contributed by atoms with Crippen molar-refractivity contribution in [2.24, 2.45) is 47.3 Å². The summed E-state index contributed by atoms with van der Waals surface area (Å²) in [6.07, 6.45) is -20.9. The first-order valence-electron chi connectivity index (χ1n) is 52.3. The van der Waals surface area contributed by atoms with Gasteiger partial charge in [-0.1, -0.05) is 189 Å². The second kappa shape index (κ2) is 52.1. The lowest BCUT2D eigenvalue weighted by atomic mass is 9.71. The van der Waals surface area contributed by atoms with E-state index in [0.717, 1.165) is 0 Å². The van der Waals surface area contributed by atoms with E-state index in [9.17, 15) is 49.5 Å². The predicted octanol–water partition coefficient (Wildman–Crippen LogP) is 14.6. The molecule has 0 aromatic heterocycles. The molecule has 32 heteroatoms. The summed E-state index contributed by atoms with van der Waals surface area (Å²) in [5, 5.41) is 62.7. The highest BCUT2D eigenvalue weighted by Crippen LogP contribution is 2.48. The molecule has 148 heavy (non-hydrogen) atoms. The van der Waals surface area contributed by atoms with Crippen LogP contribution in [0.5, 0.6) is 0 Å². The molecule has 37 atom stereocenters. The molecule has 0 radical (unpaired) electrons. The van der Waals surface area contributed by atoms with E-state index in [1.165, 1.54) is 28.4 Å². The molecule has 6 aliphatic heterocycles. The minimum absolute atomic E-state index is 0.0231. The van der Waals surface area contributed by atoms with Gasteiger partial charge in [0.25, 0.3) is 0 Å². The fraction of sp³-hybridized carbons (Fsp3) is 0.629. The molecule has 6 heterocycles. The van der Waals surface area contributed by atoms with Crippen LogP contribution < -0.4 is 0 Å². The zero-order valence-electron chi connectivity index (χ0n) is 91.1. The maximum absolute atomic E-state index is 15.1. The quantitative estimate of drug-likeness (QED) is 0.0225. The molecular weight excluding hydrogens is 1900 g/mol. The van der Waals surface area contributed by atoms with E-state index >= 15 is 9.59 Å². The van der Waals surface area contributed by atoms with Crippen molar-refractivity contribution in [1.29, 1.82) is 0 Å². The van der Waals surface area contributed by atoms with Crippen LogP contribution in [0.1, 0.15) is 229 Å². The van der Waals surface area contributed by atoms with Crippen LogP contribution in [0.4, 0.5) is 0 Å². The second-order valence-electron chi connectivity index (χ2n) is 43.3. The molecule has 818 valence electrons. The topological polar surface area (TPSA) is 393 Å². The molecule has 32 nitrogen and oxygen atoms in total. The van der Waals surface area contributed by atoms with Crippen LogP contribution in [0.2, 0.25) is 0 Å². The number of nitrogens with zero attached hydrogens (tertiary/aromatic N) is 2. The van der Waals surface area contributed by atoms with Crippen LogP contribution >= 0.6 is 0 Å². The number of hydrogen-bond donors (Lipinski definition) is 5. The number of benzene rings is 6. The molecule has 4 unspecified atom stereocenters. The fourth-order valence-electron chi connectivity index (χ4n) is 23.0. The van der Waals surface area contributed by atoms with E-state index in [1.54, 1.807) is 210 Å². The Hall–Kier alpha value is -8.95. The highest BCUT2D eigenvalue weighted by molar-refractivity contribution is 5.91. The minimum Gasteiger partial charge on any atom is -0.459 e. The molecule has 0 aliphatic carbocycles. The third-order valence-corrected chi connectivity index (χ3v) is 31.9. The monoisotopic (exact) mass is 2070 g/mol. The number of esters is 6. The molecule has 0 bridgehead atoms. The number of ketones is 1. The standard InChI is InChI=1S/C58H83NO15.C58H81NO15/c2*1-14-44-58(65,32-40-24-18-15-19-25-40)49(61)36(4)46(60)34(2)31-56(8,66-12)50(74-55-48(43(59(10)11)30-35(3)68-55)72-53(63)41-26-20-16-21-27-41)37(5)47(38(6)52(62)70-44)71-45-33-57(9,67-13)51(39(7)69-45)73-54(64)42-28-22-17-23-29-42/h15-29,34-39,43-51,55,60-61,65H,14,30-33H2,1-13H3;15-29,34-39,43-45,47-51,55,61,65H,14,30-33H2,1-13H3/t34-,35-,36+,37+,38-,39+,43+,44-,45?,46+,47+,48-,49-,50-,51+,55?,56+,57-,58-;34-,35-,36+,37+,38-,39+,43+,44-,45?,47+,48-,49-,50-,51+,55?,56+,57-,58-/m11/s1. The predicted molar refractivity (Wildman–Crippen MR) is 551 cm³/mol. The first-order valence-corrected chi connectivity index (χ1v) is 52.3. The maximum Gasteiger partial charge on any atom is 0.338 e. The number of cyclic esters (lactones) is 2. The fourth-order valence-corrected chi connectivity index (χ4v) is 23.0. The van der Waals surface area contributed by atoms with Gasteiger partial charge in [-0.05, 0) is 202 Å². The second-order valence-corrected chi connectivity index (χ2v) is 43.3. The number of hydrogen-bond acceptors (Lipinski definition) is 32. The average Bonchev–Trinajstić information content (AvgIpc) is 0.764. The van der Waals surface area contributed by atoms with Gasteiger partial charge in [-0.25, -0.2) is 19.2 Å². The molecule has 6 aromatic carbocycles. The number of carbonyl (C=O) groups is 7. The number of rotatable bonds is 28. The molecule has 0 saturated carbocycles. The lowest BCUT2D eigenvalue weighted by Crippen LogP contribution is -2.63. The molecule has 6 saturated heterocycles. The Morgan fingerprint density at radius 3 is 0.993 bits per heavy atom. The van der Waals surface area contributed by atoms with Gasteiger partial charge >= 0.3 is 35.8 Å². The number of aliphatic hydroxyl groups excluding tert-OH is 3. The Kier molecular flexibility index (Phi) is 42.0. The Morgan fingerprint density at radius 2 is 0.676 bits per heavy atom. The van der Waals surface area contributed by atoms with Crippen LogP contribution in [0, 0.1) is 47.3 Å². The summed E-state index contributed by atoms with van der Waals surface area (Å²) in [4.78, 5) is 104. The number of carbonyl (C=O) groups excluding carboxylic acids is 7.